The predicted octanol–water partition coefficient (Wildman–Crippen LogP) is 0.714. The molecule has 1 aromatic rings. The van der Waals surface area contributed by atoms with E-state index in [1.807, 2.05) is 11.6 Å². The van der Waals surface area contributed by atoms with Gasteiger partial charge in [-0.05, 0) is 0 Å². The standard InChI is InChI=1S/C5H5N3S/c6-4-7-3-5-8-1-2-9-5/h1-2,7H,3H2. The van der Waals surface area contributed by atoms with Crippen LogP contribution in [-0.2, 0) is 6.54 Å². The number of nitrogens with one attached hydrogen (secondary N) is 1. The van der Waals surface area contributed by atoms with Gasteiger partial charge in [-0.25, -0.2) is 4.98 Å². The molecule has 9 heavy (non-hydrogen) atoms. The van der Waals surface area contributed by atoms with Gasteiger partial charge in [0, 0.05) is 11.6 Å². The predicted molar refractivity (Wildman–Crippen MR) is 34.6 cm³/mol. The van der Waals surface area contributed by atoms with Crippen molar-refractivity contribution in [2.24, 2.45) is 0 Å². The minimum absolute atomic E-state index is 0.550. The Balaban J connectivity index is 2.41. The molecule has 4 heteroatoms. The molecule has 0 aromatic carbocycles. The van der Waals surface area contributed by atoms with Gasteiger partial charge in [0.1, 0.15) is 5.01 Å². The molecular weight excluding hydrogens is 134 g/mol. The van der Waals surface area contributed by atoms with Crippen LogP contribution in [0.5, 0.6) is 0 Å². The highest BCUT2D eigenvalue weighted by molar-refractivity contribution is 7.09. The molecule has 0 aliphatic rings. The third-order valence-corrected chi connectivity index (χ3v) is 1.58. The number of nitrogens with zero attached hydrogens (tertiary/aromatic N) is 2. The van der Waals surface area contributed by atoms with E-state index in [9.17, 15) is 0 Å². The summed E-state index contributed by atoms with van der Waals surface area (Å²) in [7, 11) is 0. The number of hydrogen-bond donors (Lipinski definition) is 1. The van der Waals surface area contributed by atoms with Crippen molar-refractivity contribution in [2.75, 3.05) is 0 Å². The van der Waals surface area contributed by atoms with Gasteiger partial charge < -0.3 is 5.32 Å². The van der Waals surface area contributed by atoms with Gasteiger partial charge in [-0.2, -0.15) is 5.26 Å². The van der Waals surface area contributed by atoms with Gasteiger partial charge in [-0.3, -0.25) is 0 Å². The quantitative estimate of drug-likeness (QED) is 0.485. The van der Waals surface area contributed by atoms with Crippen LogP contribution in [0.1, 0.15) is 5.01 Å². The fraction of sp³-hybridized carbons (Fsp3) is 0.200. The molecule has 0 fully saturated rings. The zero-order valence-electron chi connectivity index (χ0n) is 4.66. The number of aromatic nitrogens is 1. The molecule has 0 atom stereocenters. The van der Waals surface area contributed by atoms with Crippen molar-refractivity contribution >= 4 is 11.3 Å². The number of thiazole rings is 1. The van der Waals surface area contributed by atoms with E-state index in [-0.39, 0.29) is 0 Å². The maximum Gasteiger partial charge on any atom is 0.176 e. The summed E-state index contributed by atoms with van der Waals surface area (Å²) in [6.45, 7) is 0.550. The lowest BCUT2D eigenvalue weighted by atomic mass is 10.7. The molecule has 1 aromatic heterocycles. The second-order valence-corrected chi connectivity index (χ2v) is 2.37. The summed E-state index contributed by atoms with van der Waals surface area (Å²) in [5, 5.41) is 13.4. The minimum atomic E-state index is 0.550. The summed E-state index contributed by atoms with van der Waals surface area (Å²) >= 11 is 1.54. The Morgan fingerprint density at radius 2 is 2.78 bits per heavy atom. The lowest BCUT2D eigenvalue weighted by Gasteiger charge is -1.87. The van der Waals surface area contributed by atoms with Crippen molar-refractivity contribution in [1.29, 1.82) is 5.26 Å². The molecule has 0 aliphatic heterocycles. The van der Waals surface area contributed by atoms with Crippen molar-refractivity contribution in [2.45, 2.75) is 6.54 Å². The molecule has 1 heterocycles. The van der Waals surface area contributed by atoms with Crippen LogP contribution in [0, 0.1) is 11.5 Å². The van der Waals surface area contributed by atoms with Crippen molar-refractivity contribution in [3.05, 3.63) is 16.6 Å². The lowest BCUT2D eigenvalue weighted by molar-refractivity contribution is 0.873. The molecule has 0 bridgehead atoms. The molecule has 0 saturated carbocycles. The fourth-order valence-corrected chi connectivity index (χ4v) is 1.01. The number of rotatable bonds is 2. The van der Waals surface area contributed by atoms with E-state index in [1.54, 1.807) is 6.20 Å². The molecule has 1 rings (SSSR count). The molecule has 1 N–H and O–H groups in total. The summed E-state index contributed by atoms with van der Waals surface area (Å²) in [4.78, 5) is 3.96. The van der Waals surface area contributed by atoms with Crippen LogP contribution in [0.3, 0.4) is 0 Å². The van der Waals surface area contributed by atoms with E-state index in [4.69, 9.17) is 5.26 Å². The Morgan fingerprint density at radius 1 is 1.89 bits per heavy atom. The summed E-state index contributed by atoms with van der Waals surface area (Å²) in [6, 6.07) is 0. The van der Waals surface area contributed by atoms with Crippen molar-refractivity contribution in [3.63, 3.8) is 0 Å². The van der Waals surface area contributed by atoms with Gasteiger partial charge >= 0.3 is 0 Å². The summed E-state index contributed by atoms with van der Waals surface area (Å²) in [6.07, 6.45) is 3.54. The third-order valence-electron chi connectivity index (χ3n) is 0.802. The molecule has 0 saturated heterocycles. The molecule has 0 aliphatic carbocycles. The average molecular weight is 139 g/mol. The van der Waals surface area contributed by atoms with Crippen LogP contribution in [0.2, 0.25) is 0 Å². The van der Waals surface area contributed by atoms with Gasteiger partial charge in [-0.15, -0.1) is 11.3 Å². The van der Waals surface area contributed by atoms with E-state index in [2.05, 4.69) is 10.3 Å². The van der Waals surface area contributed by atoms with Crippen molar-refractivity contribution in [1.82, 2.24) is 10.3 Å². The largest absolute Gasteiger partial charge is 0.317 e. The average Bonchev–Trinajstić information content (AvgIpc) is 2.34. The first kappa shape index (κ1) is 6.05. The first-order valence-corrected chi connectivity index (χ1v) is 3.32. The van der Waals surface area contributed by atoms with E-state index in [1.165, 1.54) is 11.3 Å². The van der Waals surface area contributed by atoms with E-state index in [0.29, 0.717) is 6.54 Å². The minimum Gasteiger partial charge on any atom is -0.317 e. The van der Waals surface area contributed by atoms with Gasteiger partial charge in [0.05, 0.1) is 6.54 Å². The highest BCUT2D eigenvalue weighted by Gasteiger charge is 1.89. The first-order chi connectivity index (χ1) is 4.43. The maximum absolute atomic E-state index is 8.08. The van der Waals surface area contributed by atoms with Crippen LogP contribution in [-0.4, -0.2) is 4.98 Å². The van der Waals surface area contributed by atoms with Gasteiger partial charge in [0.15, 0.2) is 6.19 Å². The Labute approximate surface area is 57.0 Å². The molecule has 46 valence electrons. The van der Waals surface area contributed by atoms with Crippen LogP contribution < -0.4 is 5.32 Å². The van der Waals surface area contributed by atoms with Crippen molar-refractivity contribution in [3.8, 4) is 6.19 Å². The Bertz CT molecular complexity index is 198. The van der Waals surface area contributed by atoms with Crippen LogP contribution in [0.15, 0.2) is 11.6 Å². The SMILES string of the molecule is N#CNCc1nccs1. The van der Waals surface area contributed by atoms with Gasteiger partial charge in [-0.1, -0.05) is 0 Å². The Hall–Kier alpha value is -1.08. The zero-order chi connectivity index (χ0) is 6.53. The van der Waals surface area contributed by atoms with E-state index in [0.717, 1.165) is 5.01 Å². The van der Waals surface area contributed by atoms with Gasteiger partial charge in [0.25, 0.3) is 0 Å². The summed E-state index contributed by atoms with van der Waals surface area (Å²) in [5.74, 6) is 0. The van der Waals surface area contributed by atoms with E-state index >= 15 is 0 Å². The summed E-state index contributed by atoms with van der Waals surface area (Å²) < 4.78 is 0. The Kier molecular flexibility index (Phi) is 2.05. The second kappa shape index (κ2) is 3.05. The second-order valence-electron chi connectivity index (χ2n) is 1.39. The van der Waals surface area contributed by atoms with Gasteiger partial charge in [0.2, 0.25) is 0 Å². The fourth-order valence-electron chi connectivity index (χ4n) is 0.455. The molecule has 0 unspecified atom stereocenters. The van der Waals surface area contributed by atoms with Crippen LogP contribution in [0.4, 0.5) is 0 Å². The zero-order valence-corrected chi connectivity index (χ0v) is 5.48. The smallest absolute Gasteiger partial charge is 0.176 e. The number of nitriles is 1. The molecule has 0 radical (unpaired) electrons. The maximum atomic E-state index is 8.08. The Morgan fingerprint density at radius 3 is 3.33 bits per heavy atom. The molecular formula is C5H5N3S. The highest BCUT2D eigenvalue weighted by Crippen LogP contribution is 2.01. The van der Waals surface area contributed by atoms with Crippen LogP contribution >= 0.6 is 11.3 Å². The van der Waals surface area contributed by atoms with Crippen molar-refractivity contribution < 1.29 is 0 Å². The monoisotopic (exact) mass is 139 g/mol. The molecule has 0 spiro atoms. The summed E-state index contributed by atoms with van der Waals surface area (Å²) in [5.41, 5.74) is 0. The van der Waals surface area contributed by atoms with Crippen LogP contribution in [0.25, 0.3) is 0 Å². The third kappa shape index (κ3) is 1.70. The topological polar surface area (TPSA) is 48.7 Å². The lowest BCUT2D eigenvalue weighted by Crippen LogP contribution is -2.03. The van der Waals surface area contributed by atoms with E-state index < -0.39 is 0 Å². The first-order valence-electron chi connectivity index (χ1n) is 2.44. The highest BCUT2D eigenvalue weighted by atomic mass is 32.1. The number of hydrogen-bond acceptors (Lipinski definition) is 4. The molecule has 0 amide bonds. The normalized spacial score (nSPS) is 8.33. The molecule has 3 nitrogen and oxygen atoms in total.